The molecule has 0 saturated carbocycles. The van der Waals surface area contributed by atoms with Crippen molar-refractivity contribution in [2.75, 3.05) is 0 Å². The van der Waals surface area contributed by atoms with Crippen molar-refractivity contribution in [1.82, 2.24) is 9.36 Å². The van der Waals surface area contributed by atoms with Gasteiger partial charge in [0.25, 0.3) is 11.1 Å². The highest BCUT2D eigenvalue weighted by atomic mass is 16.2. The third-order valence-electron chi connectivity index (χ3n) is 3.68. The van der Waals surface area contributed by atoms with Gasteiger partial charge in [0, 0.05) is 24.2 Å². The molecule has 1 aromatic heterocycles. The zero-order valence-corrected chi connectivity index (χ0v) is 12.8. The highest BCUT2D eigenvalue weighted by molar-refractivity contribution is 5.34. The lowest BCUT2D eigenvalue weighted by Crippen LogP contribution is -2.45. The molecular weight excluding hydrogens is 240 g/mol. The Balaban J connectivity index is 2.98. The normalized spacial score (nSPS) is 15.7. The molecule has 19 heavy (non-hydrogen) atoms. The molecule has 0 bridgehead atoms. The number of aromatic nitrogens is 2. The van der Waals surface area contributed by atoms with E-state index < -0.39 is 0 Å². The summed E-state index contributed by atoms with van der Waals surface area (Å²) in [5.74, 6) is 0. The number of hydrogen-bond acceptors (Lipinski definition) is 2. The van der Waals surface area contributed by atoms with Gasteiger partial charge in [0.1, 0.15) is 0 Å². The summed E-state index contributed by atoms with van der Waals surface area (Å²) in [4.78, 5) is 25.5. The van der Waals surface area contributed by atoms with Gasteiger partial charge >= 0.3 is 0 Å². The van der Waals surface area contributed by atoms with Crippen molar-refractivity contribution in [3.8, 4) is 0 Å². The summed E-state index contributed by atoms with van der Waals surface area (Å²) in [6.07, 6.45) is 0.867. The van der Waals surface area contributed by atoms with Crippen LogP contribution in [0, 0.1) is 0 Å². The van der Waals surface area contributed by atoms with Crippen LogP contribution in [0.25, 0.3) is 0 Å². The van der Waals surface area contributed by atoms with E-state index in [0.29, 0.717) is 24.2 Å². The molecule has 0 aliphatic carbocycles. The van der Waals surface area contributed by atoms with Crippen molar-refractivity contribution in [2.24, 2.45) is 0 Å². The van der Waals surface area contributed by atoms with Crippen LogP contribution in [0.3, 0.4) is 0 Å². The topological polar surface area (TPSA) is 44.0 Å². The molecule has 2 rings (SSSR count). The van der Waals surface area contributed by atoms with E-state index in [1.165, 1.54) is 0 Å². The lowest BCUT2D eigenvalue weighted by atomic mass is 9.76. The summed E-state index contributed by atoms with van der Waals surface area (Å²) >= 11 is 0. The fraction of sp³-hybridized carbons (Fsp3) is 0.733. The highest BCUT2D eigenvalue weighted by Crippen LogP contribution is 2.29. The first-order valence-electron chi connectivity index (χ1n) is 6.94. The largest absolute Gasteiger partial charge is 0.269 e. The van der Waals surface area contributed by atoms with Crippen LogP contribution >= 0.6 is 0 Å². The molecule has 0 N–H and O–H groups in total. The van der Waals surface area contributed by atoms with Gasteiger partial charge in [-0.3, -0.25) is 9.59 Å². The molecule has 0 amide bonds. The molecule has 1 aliphatic rings. The van der Waals surface area contributed by atoms with Crippen molar-refractivity contribution in [3.63, 3.8) is 0 Å². The van der Waals surface area contributed by atoms with E-state index in [-0.39, 0.29) is 21.9 Å². The SMILES string of the molecule is CC(C)(C)c1c(C(C)(C)C)c(=O)n2n(c1=O)CCC2. The monoisotopic (exact) mass is 264 g/mol. The van der Waals surface area contributed by atoms with Gasteiger partial charge < -0.3 is 0 Å². The third kappa shape index (κ3) is 2.17. The number of fused-ring (bicyclic) bond motifs is 1. The third-order valence-corrected chi connectivity index (χ3v) is 3.68. The number of hydrogen-bond donors (Lipinski definition) is 0. The van der Waals surface area contributed by atoms with E-state index >= 15 is 0 Å². The molecule has 0 spiro atoms. The standard InChI is InChI=1S/C15H24N2O2/c1-14(2,3)10-11(15(4,5)6)13(19)17-9-7-8-16(17)12(10)18/h7-9H2,1-6H3. The van der Waals surface area contributed by atoms with Crippen molar-refractivity contribution >= 4 is 0 Å². The molecular formula is C15H24N2O2. The molecule has 4 nitrogen and oxygen atoms in total. The molecule has 106 valence electrons. The van der Waals surface area contributed by atoms with E-state index in [2.05, 4.69) is 0 Å². The molecule has 2 heterocycles. The molecule has 0 atom stereocenters. The summed E-state index contributed by atoms with van der Waals surface area (Å²) in [6, 6.07) is 0. The first-order chi connectivity index (χ1) is 8.55. The average Bonchev–Trinajstić information content (AvgIpc) is 2.68. The molecule has 0 fully saturated rings. The Kier molecular flexibility index (Phi) is 3.03. The Morgan fingerprint density at radius 3 is 1.32 bits per heavy atom. The quantitative estimate of drug-likeness (QED) is 0.719. The van der Waals surface area contributed by atoms with Crippen LogP contribution < -0.4 is 11.1 Å². The van der Waals surface area contributed by atoms with E-state index in [9.17, 15) is 9.59 Å². The maximum absolute atomic E-state index is 12.7. The first kappa shape index (κ1) is 14.1. The fourth-order valence-corrected chi connectivity index (χ4v) is 2.90. The Morgan fingerprint density at radius 1 is 0.737 bits per heavy atom. The van der Waals surface area contributed by atoms with Crippen LogP contribution in [0.5, 0.6) is 0 Å². The highest BCUT2D eigenvalue weighted by Gasteiger charge is 2.34. The summed E-state index contributed by atoms with van der Waals surface area (Å²) in [5.41, 5.74) is 0.754. The summed E-state index contributed by atoms with van der Waals surface area (Å²) in [5, 5.41) is 0. The smallest absolute Gasteiger partial charge is 0.268 e. The van der Waals surface area contributed by atoms with Gasteiger partial charge in [-0.15, -0.1) is 0 Å². The van der Waals surface area contributed by atoms with E-state index in [1.807, 2.05) is 41.5 Å². The van der Waals surface area contributed by atoms with Crippen LogP contribution in [0.15, 0.2) is 9.59 Å². The minimum atomic E-state index is -0.315. The molecule has 0 aromatic carbocycles. The zero-order chi connectivity index (χ0) is 14.6. The summed E-state index contributed by atoms with van der Waals surface area (Å²) in [7, 11) is 0. The Morgan fingerprint density at radius 2 is 1.05 bits per heavy atom. The van der Waals surface area contributed by atoms with Gasteiger partial charge in [-0.2, -0.15) is 0 Å². The molecule has 1 aromatic rings. The number of rotatable bonds is 0. The number of nitrogens with zero attached hydrogens (tertiary/aromatic N) is 2. The van der Waals surface area contributed by atoms with E-state index in [4.69, 9.17) is 0 Å². The predicted molar refractivity (Wildman–Crippen MR) is 77.0 cm³/mol. The lowest BCUT2D eigenvalue weighted by Gasteiger charge is -2.29. The minimum Gasteiger partial charge on any atom is -0.268 e. The molecule has 0 radical (unpaired) electrons. The van der Waals surface area contributed by atoms with Gasteiger partial charge in [-0.05, 0) is 17.3 Å². The zero-order valence-electron chi connectivity index (χ0n) is 12.8. The van der Waals surface area contributed by atoms with Gasteiger partial charge in [0.15, 0.2) is 0 Å². The Labute approximate surface area is 114 Å². The van der Waals surface area contributed by atoms with Gasteiger partial charge in [-0.25, -0.2) is 9.36 Å². The van der Waals surface area contributed by atoms with Crippen molar-refractivity contribution in [3.05, 3.63) is 31.8 Å². The van der Waals surface area contributed by atoms with Crippen LogP contribution in [0.1, 0.15) is 59.1 Å². The molecule has 0 saturated heterocycles. The maximum atomic E-state index is 12.7. The van der Waals surface area contributed by atoms with E-state index in [0.717, 1.165) is 6.42 Å². The second kappa shape index (κ2) is 4.09. The first-order valence-corrected chi connectivity index (χ1v) is 6.94. The molecule has 0 unspecified atom stereocenters. The Bertz CT molecular complexity index is 567. The lowest BCUT2D eigenvalue weighted by molar-refractivity contribution is 0.460. The molecule has 1 aliphatic heterocycles. The summed E-state index contributed by atoms with van der Waals surface area (Å²) < 4.78 is 3.25. The fourth-order valence-electron chi connectivity index (χ4n) is 2.90. The summed E-state index contributed by atoms with van der Waals surface area (Å²) in [6.45, 7) is 13.3. The van der Waals surface area contributed by atoms with Crippen molar-refractivity contribution in [1.29, 1.82) is 0 Å². The van der Waals surface area contributed by atoms with Crippen LogP contribution in [0.2, 0.25) is 0 Å². The second-order valence-electron chi connectivity index (χ2n) is 7.46. The van der Waals surface area contributed by atoms with Gasteiger partial charge in [0.05, 0.1) is 0 Å². The Hall–Kier alpha value is -1.32. The minimum absolute atomic E-state index is 0.00882. The average molecular weight is 264 g/mol. The van der Waals surface area contributed by atoms with Crippen molar-refractivity contribution in [2.45, 2.75) is 71.9 Å². The van der Waals surface area contributed by atoms with Crippen LogP contribution in [-0.2, 0) is 23.9 Å². The maximum Gasteiger partial charge on any atom is 0.269 e. The van der Waals surface area contributed by atoms with Crippen LogP contribution in [-0.4, -0.2) is 9.36 Å². The van der Waals surface area contributed by atoms with E-state index in [1.54, 1.807) is 9.36 Å². The van der Waals surface area contributed by atoms with Gasteiger partial charge in [-0.1, -0.05) is 41.5 Å². The van der Waals surface area contributed by atoms with Gasteiger partial charge in [0.2, 0.25) is 0 Å². The second-order valence-corrected chi connectivity index (χ2v) is 7.46. The molecule has 4 heteroatoms. The predicted octanol–water partition coefficient (Wildman–Crippen LogP) is 2.01. The van der Waals surface area contributed by atoms with Crippen molar-refractivity contribution < 1.29 is 0 Å². The van der Waals surface area contributed by atoms with Crippen LogP contribution in [0.4, 0.5) is 0 Å².